The fourth-order valence-electron chi connectivity index (χ4n) is 4.00. The summed E-state index contributed by atoms with van der Waals surface area (Å²) in [7, 11) is 0. The maximum Gasteiger partial charge on any atom is 0.234 e. The lowest BCUT2D eigenvalue weighted by molar-refractivity contribution is -0.123. The highest BCUT2D eigenvalue weighted by Crippen LogP contribution is 2.24. The van der Waals surface area contributed by atoms with Crippen LogP contribution in [0.1, 0.15) is 65.2 Å². The van der Waals surface area contributed by atoms with E-state index in [1.807, 2.05) is 0 Å². The molecule has 4 heteroatoms. The summed E-state index contributed by atoms with van der Waals surface area (Å²) in [6.45, 7) is 8.97. The van der Waals surface area contributed by atoms with Gasteiger partial charge in [0.05, 0.1) is 6.54 Å². The predicted octanol–water partition coefficient (Wildman–Crippen LogP) is 2.63. The van der Waals surface area contributed by atoms with Gasteiger partial charge < -0.3 is 5.32 Å². The number of likely N-dealkylation sites (N-methyl/N-ethyl adjacent to an activating group) is 1. The Kier molecular flexibility index (Phi) is 7.67. The van der Waals surface area contributed by atoms with E-state index >= 15 is 0 Å². The molecule has 0 aromatic carbocycles. The Morgan fingerprint density at radius 1 is 1.05 bits per heavy atom. The first-order valence-corrected chi connectivity index (χ1v) is 9.48. The number of likely N-dealkylation sites (tertiary alicyclic amines) is 1. The van der Waals surface area contributed by atoms with Gasteiger partial charge in [-0.15, -0.1) is 0 Å². The molecule has 0 spiro atoms. The molecule has 1 atom stereocenters. The number of piperidine rings is 1. The van der Waals surface area contributed by atoms with Crippen LogP contribution in [0, 0.1) is 0 Å². The monoisotopic (exact) mass is 309 g/mol. The maximum absolute atomic E-state index is 12.2. The zero-order chi connectivity index (χ0) is 15.8. The molecule has 1 aliphatic heterocycles. The van der Waals surface area contributed by atoms with Gasteiger partial charge in [0.25, 0.3) is 0 Å². The van der Waals surface area contributed by atoms with Gasteiger partial charge in [-0.05, 0) is 45.3 Å². The largest absolute Gasteiger partial charge is 0.351 e. The van der Waals surface area contributed by atoms with E-state index in [-0.39, 0.29) is 5.91 Å². The third-order valence-corrected chi connectivity index (χ3v) is 5.42. The van der Waals surface area contributed by atoms with E-state index in [1.54, 1.807) is 0 Å². The number of nitrogens with one attached hydrogen (secondary N) is 1. The summed E-state index contributed by atoms with van der Waals surface area (Å²) >= 11 is 0. The number of carbonyl (C=O) groups is 1. The van der Waals surface area contributed by atoms with E-state index in [4.69, 9.17) is 0 Å². The Bertz CT molecular complexity index is 322. The number of amides is 1. The van der Waals surface area contributed by atoms with Crippen LogP contribution in [0.25, 0.3) is 0 Å². The lowest BCUT2D eigenvalue weighted by Crippen LogP contribution is -2.52. The number of nitrogens with zero attached hydrogens (tertiary/aromatic N) is 2. The molecule has 1 heterocycles. The Morgan fingerprint density at radius 2 is 1.73 bits per heavy atom. The van der Waals surface area contributed by atoms with Crippen molar-refractivity contribution in [3.8, 4) is 0 Å². The SMILES string of the molecule is CCN(CC)CC(=O)N[C@H]1CCCN(C2CCCCCC2)C1. The lowest BCUT2D eigenvalue weighted by Gasteiger charge is -2.38. The summed E-state index contributed by atoms with van der Waals surface area (Å²) in [5.74, 6) is 0.205. The molecule has 1 saturated carbocycles. The summed E-state index contributed by atoms with van der Waals surface area (Å²) < 4.78 is 0. The quantitative estimate of drug-likeness (QED) is 0.766. The normalized spacial score (nSPS) is 25.1. The van der Waals surface area contributed by atoms with Gasteiger partial charge in [-0.1, -0.05) is 39.5 Å². The lowest BCUT2D eigenvalue weighted by atomic mass is 10.00. The van der Waals surface area contributed by atoms with E-state index in [0.29, 0.717) is 12.6 Å². The van der Waals surface area contributed by atoms with Gasteiger partial charge in [-0.2, -0.15) is 0 Å². The summed E-state index contributed by atoms with van der Waals surface area (Å²) in [6, 6.07) is 1.13. The first-order chi connectivity index (χ1) is 10.7. The van der Waals surface area contributed by atoms with Gasteiger partial charge in [-0.25, -0.2) is 0 Å². The van der Waals surface area contributed by atoms with Gasteiger partial charge in [0.1, 0.15) is 0 Å². The molecule has 0 aromatic heterocycles. The third-order valence-electron chi connectivity index (χ3n) is 5.42. The predicted molar refractivity (Wildman–Crippen MR) is 92.0 cm³/mol. The molecule has 1 saturated heterocycles. The summed E-state index contributed by atoms with van der Waals surface area (Å²) in [4.78, 5) is 17.1. The van der Waals surface area contributed by atoms with Gasteiger partial charge in [-0.3, -0.25) is 14.6 Å². The van der Waals surface area contributed by atoms with E-state index in [0.717, 1.165) is 32.1 Å². The molecular weight excluding hydrogens is 274 g/mol. The van der Waals surface area contributed by atoms with Gasteiger partial charge >= 0.3 is 0 Å². The zero-order valence-corrected chi connectivity index (χ0v) is 14.6. The van der Waals surface area contributed by atoms with Crippen molar-refractivity contribution in [2.24, 2.45) is 0 Å². The second-order valence-electron chi connectivity index (χ2n) is 7.01. The van der Waals surface area contributed by atoms with Crippen molar-refractivity contribution in [1.82, 2.24) is 15.1 Å². The van der Waals surface area contributed by atoms with Crippen molar-refractivity contribution < 1.29 is 4.79 Å². The highest BCUT2D eigenvalue weighted by Gasteiger charge is 2.27. The molecule has 2 fully saturated rings. The number of hydrogen-bond acceptors (Lipinski definition) is 3. The molecule has 0 radical (unpaired) electrons. The minimum Gasteiger partial charge on any atom is -0.351 e. The number of carbonyl (C=O) groups excluding carboxylic acids is 1. The van der Waals surface area contributed by atoms with Gasteiger partial charge in [0.15, 0.2) is 0 Å². The molecular formula is C18H35N3O. The van der Waals surface area contributed by atoms with Crippen LogP contribution >= 0.6 is 0 Å². The first-order valence-electron chi connectivity index (χ1n) is 9.48. The van der Waals surface area contributed by atoms with Crippen molar-refractivity contribution >= 4 is 5.91 Å². The molecule has 0 unspecified atom stereocenters. The van der Waals surface area contributed by atoms with Gasteiger partial charge in [0.2, 0.25) is 5.91 Å². The number of rotatable bonds is 6. The Balaban J connectivity index is 1.78. The Hall–Kier alpha value is -0.610. The van der Waals surface area contributed by atoms with Crippen molar-refractivity contribution in [3.05, 3.63) is 0 Å². The summed E-state index contributed by atoms with van der Waals surface area (Å²) in [5, 5.41) is 3.28. The molecule has 2 rings (SSSR count). The van der Waals surface area contributed by atoms with Crippen LogP contribution < -0.4 is 5.32 Å². The van der Waals surface area contributed by atoms with E-state index in [2.05, 4.69) is 29.0 Å². The fourth-order valence-corrected chi connectivity index (χ4v) is 4.00. The van der Waals surface area contributed by atoms with Gasteiger partial charge in [0, 0.05) is 18.6 Å². The molecule has 2 aliphatic rings. The van der Waals surface area contributed by atoms with Crippen LogP contribution in [-0.4, -0.2) is 60.5 Å². The topological polar surface area (TPSA) is 35.6 Å². The van der Waals surface area contributed by atoms with Crippen LogP contribution in [0.5, 0.6) is 0 Å². The Labute approximate surface area is 136 Å². The molecule has 22 heavy (non-hydrogen) atoms. The standard InChI is InChI=1S/C18H35N3O/c1-3-20(4-2)15-18(22)19-16-10-9-13-21(14-16)17-11-7-5-6-8-12-17/h16-17H,3-15H2,1-2H3,(H,19,22)/t16-/m0/s1. The smallest absolute Gasteiger partial charge is 0.234 e. The van der Waals surface area contributed by atoms with E-state index in [9.17, 15) is 4.79 Å². The van der Waals surface area contributed by atoms with Crippen LogP contribution in [-0.2, 0) is 4.79 Å². The van der Waals surface area contributed by atoms with Crippen LogP contribution in [0.4, 0.5) is 0 Å². The highest BCUT2D eigenvalue weighted by atomic mass is 16.2. The third kappa shape index (κ3) is 5.54. The van der Waals surface area contributed by atoms with E-state index < -0.39 is 0 Å². The number of hydrogen-bond donors (Lipinski definition) is 1. The molecule has 128 valence electrons. The summed E-state index contributed by atoms with van der Waals surface area (Å²) in [5.41, 5.74) is 0. The zero-order valence-electron chi connectivity index (χ0n) is 14.6. The van der Waals surface area contributed by atoms with E-state index in [1.165, 1.54) is 51.5 Å². The van der Waals surface area contributed by atoms with Crippen molar-refractivity contribution in [2.45, 2.75) is 77.3 Å². The average molecular weight is 309 g/mol. The second kappa shape index (κ2) is 9.51. The second-order valence-corrected chi connectivity index (χ2v) is 7.01. The average Bonchev–Trinajstić information content (AvgIpc) is 2.82. The van der Waals surface area contributed by atoms with Crippen LogP contribution in [0.3, 0.4) is 0 Å². The van der Waals surface area contributed by atoms with Crippen molar-refractivity contribution in [1.29, 1.82) is 0 Å². The minimum absolute atomic E-state index is 0.205. The van der Waals surface area contributed by atoms with Crippen molar-refractivity contribution in [2.75, 3.05) is 32.7 Å². The molecule has 1 amide bonds. The molecule has 1 aliphatic carbocycles. The van der Waals surface area contributed by atoms with Crippen LogP contribution in [0.15, 0.2) is 0 Å². The molecule has 4 nitrogen and oxygen atoms in total. The van der Waals surface area contributed by atoms with Crippen molar-refractivity contribution in [3.63, 3.8) is 0 Å². The minimum atomic E-state index is 0.205. The highest BCUT2D eigenvalue weighted by molar-refractivity contribution is 5.78. The molecule has 0 bridgehead atoms. The fraction of sp³-hybridized carbons (Fsp3) is 0.944. The molecule has 0 aromatic rings. The summed E-state index contributed by atoms with van der Waals surface area (Å²) in [6.07, 6.45) is 10.7. The first kappa shape index (κ1) is 17.7. The Morgan fingerprint density at radius 3 is 2.36 bits per heavy atom. The van der Waals surface area contributed by atoms with Crippen LogP contribution in [0.2, 0.25) is 0 Å². The molecule has 1 N–H and O–H groups in total. The maximum atomic E-state index is 12.2.